The van der Waals surface area contributed by atoms with Gasteiger partial charge in [-0.2, -0.15) is 5.26 Å². The van der Waals surface area contributed by atoms with Crippen LogP contribution in [0.3, 0.4) is 0 Å². The predicted octanol–water partition coefficient (Wildman–Crippen LogP) is 1.78. The van der Waals surface area contributed by atoms with Crippen molar-refractivity contribution in [2.75, 3.05) is 0 Å². The molecule has 0 N–H and O–H groups in total. The molecule has 0 aromatic carbocycles. The van der Waals surface area contributed by atoms with Gasteiger partial charge in [0, 0.05) is 0 Å². The molecule has 0 aliphatic heterocycles. The van der Waals surface area contributed by atoms with Crippen molar-refractivity contribution >= 4 is 5.97 Å². The van der Waals surface area contributed by atoms with Gasteiger partial charge in [-0.15, -0.1) is 0 Å². The Morgan fingerprint density at radius 1 is 1.42 bits per heavy atom. The molecule has 0 heterocycles. The van der Waals surface area contributed by atoms with E-state index in [0.29, 0.717) is 0 Å². The minimum Gasteiger partial charge on any atom is -0.462 e. The summed E-state index contributed by atoms with van der Waals surface area (Å²) >= 11 is 0. The summed E-state index contributed by atoms with van der Waals surface area (Å²) in [5.41, 5.74) is 0. The van der Waals surface area contributed by atoms with Crippen molar-refractivity contribution in [3.05, 3.63) is 0 Å². The lowest BCUT2D eigenvalue weighted by atomic mass is 9.98. The lowest BCUT2D eigenvalue weighted by molar-refractivity contribution is -0.149. The monoisotopic (exact) mass is 167 g/mol. The molecule has 0 atom stereocenters. The van der Waals surface area contributed by atoms with Gasteiger partial charge >= 0.3 is 5.97 Å². The van der Waals surface area contributed by atoms with Crippen LogP contribution in [-0.2, 0) is 9.53 Å². The van der Waals surface area contributed by atoms with Crippen molar-refractivity contribution < 1.29 is 9.53 Å². The van der Waals surface area contributed by atoms with Crippen molar-refractivity contribution in [1.82, 2.24) is 0 Å². The Morgan fingerprint density at radius 2 is 2.08 bits per heavy atom. The van der Waals surface area contributed by atoms with Gasteiger partial charge in [0.05, 0.1) is 6.07 Å². The van der Waals surface area contributed by atoms with Gasteiger partial charge in [-0.3, -0.25) is 4.79 Å². The molecule has 12 heavy (non-hydrogen) atoms. The van der Waals surface area contributed by atoms with Gasteiger partial charge in [0.1, 0.15) is 12.5 Å². The fraction of sp³-hybridized carbons (Fsp3) is 0.778. The fourth-order valence-corrected chi connectivity index (χ4v) is 1.48. The zero-order valence-corrected chi connectivity index (χ0v) is 7.08. The van der Waals surface area contributed by atoms with Gasteiger partial charge in [0.2, 0.25) is 0 Å². The Morgan fingerprint density at radius 3 is 2.67 bits per heavy atom. The Kier molecular flexibility index (Phi) is 3.59. The van der Waals surface area contributed by atoms with E-state index < -0.39 is 0 Å². The van der Waals surface area contributed by atoms with Crippen LogP contribution in [0, 0.1) is 11.3 Å². The Labute approximate surface area is 72.3 Å². The molecule has 66 valence electrons. The Bertz CT molecular complexity index is 189. The van der Waals surface area contributed by atoms with Gasteiger partial charge in [0.25, 0.3) is 0 Å². The van der Waals surface area contributed by atoms with Crippen molar-refractivity contribution in [3.8, 4) is 6.07 Å². The number of carbonyl (C=O) groups is 1. The summed E-state index contributed by atoms with van der Waals surface area (Å²) in [5.74, 6) is -0.371. The van der Waals surface area contributed by atoms with Crippen LogP contribution in [0.4, 0.5) is 0 Å². The summed E-state index contributed by atoms with van der Waals surface area (Å²) in [4.78, 5) is 10.9. The van der Waals surface area contributed by atoms with Crippen molar-refractivity contribution in [2.45, 2.75) is 44.6 Å². The number of carbonyl (C=O) groups excluding carboxylic acids is 1. The van der Waals surface area contributed by atoms with E-state index in [1.807, 2.05) is 0 Å². The summed E-state index contributed by atoms with van der Waals surface area (Å²) < 4.78 is 5.07. The standard InChI is InChI=1S/C9H13NO2/c10-7-6-9(11)12-8-4-2-1-3-5-8/h8H,1-6H2. The van der Waals surface area contributed by atoms with Crippen LogP contribution >= 0.6 is 0 Å². The second-order valence-electron chi connectivity index (χ2n) is 3.08. The van der Waals surface area contributed by atoms with Crippen molar-refractivity contribution in [3.63, 3.8) is 0 Å². The lowest BCUT2D eigenvalue weighted by Crippen LogP contribution is -2.20. The highest BCUT2D eigenvalue weighted by Crippen LogP contribution is 2.20. The minimum atomic E-state index is -0.371. The molecule has 0 saturated heterocycles. The summed E-state index contributed by atoms with van der Waals surface area (Å²) in [6.07, 6.45) is 5.44. The van der Waals surface area contributed by atoms with E-state index in [4.69, 9.17) is 10.00 Å². The van der Waals surface area contributed by atoms with Crippen molar-refractivity contribution in [1.29, 1.82) is 5.26 Å². The molecule has 0 aromatic heterocycles. The molecule has 3 heteroatoms. The highest BCUT2D eigenvalue weighted by atomic mass is 16.5. The second kappa shape index (κ2) is 4.76. The van der Waals surface area contributed by atoms with Crippen LogP contribution in [0.2, 0.25) is 0 Å². The van der Waals surface area contributed by atoms with Crippen LogP contribution in [0.5, 0.6) is 0 Å². The quantitative estimate of drug-likeness (QED) is 0.589. The highest BCUT2D eigenvalue weighted by molar-refractivity contribution is 5.71. The normalized spacial score (nSPS) is 18.2. The van der Waals surface area contributed by atoms with Gasteiger partial charge in [-0.05, 0) is 25.7 Å². The van der Waals surface area contributed by atoms with E-state index in [2.05, 4.69) is 0 Å². The number of hydrogen-bond donors (Lipinski definition) is 0. The zero-order valence-electron chi connectivity index (χ0n) is 7.08. The molecule has 1 saturated carbocycles. The molecular weight excluding hydrogens is 154 g/mol. The third-order valence-corrected chi connectivity index (χ3v) is 2.07. The topological polar surface area (TPSA) is 50.1 Å². The van der Waals surface area contributed by atoms with Gasteiger partial charge in [-0.25, -0.2) is 0 Å². The maximum Gasteiger partial charge on any atom is 0.320 e. The summed E-state index contributed by atoms with van der Waals surface area (Å²) in [7, 11) is 0. The summed E-state index contributed by atoms with van der Waals surface area (Å²) in [6.45, 7) is 0. The van der Waals surface area contributed by atoms with Crippen molar-refractivity contribution in [2.24, 2.45) is 0 Å². The zero-order chi connectivity index (χ0) is 8.81. The summed E-state index contributed by atoms with van der Waals surface area (Å²) in [6, 6.07) is 1.78. The largest absolute Gasteiger partial charge is 0.462 e. The predicted molar refractivity (Wildman–Crippen MR) is 43.2 cm³/mol. The molecule has 0 unspecified atom stereocenters. The van der Waals surface area contributed by atoms with Crippen LogP contribution in [0.1, 0.15) is 38.5 Å². The molecule has 1 aliphatic rings. The van der Waals surface area contributed by atoms with E-state index >= 15 is 0 Å². The number of rotatable bonds is 2. The van der Waals surface area contributed by atoms with E-state index in [9.17, 15) is 4.79 Å². The molecular formula is C9H13NO2. The highest BCUT2D eigenvalue weighted by Gasteiger charge is 2.16. The fourth-order valence-electron chi connectivity index (χ4n) is 1.48. The molecule has 3 nitrogen and oxygen atoms in total. The maximum absolute atomic E-state index is 10.9. The lowest BCUT2D eigenvalue weighted by Gasteiger charge is -2.21. The van der Waals surface area contributed by atoms with Gasteiger partial charge in [0.15, 0.2) is 0 Å². The van der Waals surface area contributed by atoms with E-state index in [1.54, 1.807) is 6.07 Å². The first-order valence-corrected chi connectivity index (χ1v) is 4.39. The first-order valence-electron chi connectivity index (χ1n) is 4.39. The van der Waals surface area contributed by atoms with Gasteiger partial charge < -0.3 is 4.74 Å². The molecule has 1 fully saturated rings. The molecule has 0 amide bonds. The Hall–Kier alpha value is -1.04. The molecule has 0 bridgehead atoms. The SMILES string of the molecule is N#CCC(=O)OC1CCCCC1. The maximum atomic E-state index is 10.9. The number of nitrogens with zero attached hydrogens (tertiary/aromatic N) is 1. The van der Waals surface area contributed by atoms with Gasteiger partial charge in [-0.1, -0.05) is 6.42 Å². The summed E-state index contributed by atoms with van der Waals surface area (Å²) in [5, 5.41) is 8.22. The average Bonchev–Trinajstić information content (AvgIpc) is 2.06. The minimum absolute atomic E-state index is 0.0830. The number of ether oxygens (including phenoxy) is 1. The smallest absolute Gasteiger partial charge is 0.320 e. The Balaban J connectivity index is 2.21. The first-order chi connectivity index (χ1) is 5.83. The second-order valence-corrected chi connectivity index (χ2v) is 3.08. The van der Waals surface area contributed by atoms with E-state index in [1.165, 1.54) is 6.42 Å². The third-order valence-electron chi connectivity index (χ3n) is 2.07. The van der Waals surface area contributed by atoms with Crippen LogP contribution in [0.25, 0.3) is 0 Å². The van der Waals surface area contributed by atoms with E-state index in [0.717, 1.165) is 25.7 Å². The molecule has 1 aliphatic carbocycles. The average molecular weight is 167 g/mol. The number of nitriles is 1. The molecule has 0 radical (unpaired) electrons. The van der Waals surface area contributed by atoms with Crippen LogP contribution in [0.15, 0.2) is 0 Å². The van der Waals surface area contributed by atoms with Crippen LogP contribution in [-0.4, -0.2) is 12.1 Å². The van der Waals surface area contributed by atoms with Crippen LogP contribution < -0.4 is 0 Å². The number of hydrogen-bond acceptors (Lipinski definition) is 3. The van der Waals surface area contributed by atoms with E-state index in [-0.39, 0.29) is 18.5 Å². The number of esters is 1. The molecule has 0 spiro atoms. The molecule has 0 aromatic rings. The third kappa shape index (κ3) is 2.91. The first kappa shape index (κ1) is 9.05. The molecule has 1 rings (SSSR count).